The van der Waals surface area contributed by atoms with Gasteiger partial charge in [0.2, 0.25) is 11.8 Å². The van der Waals surface area contributed by atoms with Gasteiger partial charge in [-0.15, -0.1) is 0 Å². The van der Waals surface area contributed by atoms with Crippen LogP contribution in [0, 0.1) is 5.92 Å². The van der Waals surface area contributed by atoms with Crippen molar-refractivity contribution in [2.24, 2.45) is 5.92 Å². The fraction of sp³-hybridized carbons (Fsp3) is 0.667. The number of hydrogen-bond donors (Lipinski definition) is 2. The summed E-state index contributed by atoms with van der Waals surface area (Å²) in [6, 6.07) is 7.97. The van der Waals surface area contributed by atoms with Gasteiger partial charge in [-0.1, -0.05) is 63.4 Å². The minimum atomic E-state index is -0.788. The summed E-state index contributed by atoms with van der Waals surface area (Å²) in [7, 11) is 0. The van der Waals surface area contributed by atoms with Gasteiger partial charge in [0.1, 0.15) is 17.7 Å². The number of amides is 3. The lowest BCUT2D eigenvalue weighted by molar-refractivity contribution is -0.142. The van der Waals surface area contributed by atoms with Crippen molar-refractivity contribution >= 4 is 17.9 Å². The van der Waals surface area contributed by atoms with Crippen molar-refractivity contribution in [1.29, 1.82) is 0 Å². The zero-order valence-corrected chi connectivity index (χ0v) is 21.7. The number of hydrogen-bond acceptors (Lipinski definition) is 4. The molecule has 0 bridgehead atoms. The number of nitrogens with zero attached hydrogens (tertiary/aromatic N) is 1. The lowest BCUT2D eigenvalue weighted by atomic mass is 9.94. The summed E-state index contributed by atoms with van der Waals surface area (Å²) in [6.07, 6.45) is 5.14. The van der Waals surface area contributed by atoms with Crippen molar-refractivity contribution in [2.45, 2.75) is 104 Å². The average molecular weight is 474 g/mol. The summed E-state index contributed by atoms with van der Waals surface area (Å²) >= 11 is 0. The zero-order chi connectivity index (χ0) is 25.3. The van der Waals surface area contributed by atoms with Crippen molar-refractivity contribution < 1.29 is 19.1 Å². The van der Waals surface area contributed by atoms with Gasteiger partial charge in [0, 0.05) is 12.6 Å². The molecule has 1 aliphatic rings. The maximum atomic E-state index is 13.8. The van der Waals surface area contributed by atoms with Crippen LogP contribution in [0.15, 0.2) is 30.3 Å². The quantitative estimate of drug-likeness (QED) is 0.530. The molecule has 1 fully saturated rings. The summed E-state index contributed by atoms with van der Waals surface area (Å²) in [5.74, 6) is -0.294. The number of benzene rings is 1. The van der Waals surface area contributed by atoms with E-state index in [1.165, 1.54) is 6.42 Å². The van der Waals surface area contributed by atoms with Crippen LogP contribution in [0.4, 0.5) is 4.79 Å². The second-order valence-corrected chi connectivity index (χ2v) is 10.6. The van der Waals surface area contributed by atoms with E-state index in [2.05, 4.69) is 10.6 Å². The van der Waals surface area contributed by atoms with Crippen LogP contribution in [0.2, 0.25) is 0 Å². The van der Waals surface area contributed by atoms with E-state index in [9.17, 15) is 14.4 Å². The molecule has 3 amide bonds. The number of ether oxygens (including phenoxy) is 1. The molecule has 2 rings (SSSR count). The highest BCUT2D eigenvalue weighted by Gasteiger charge is 2.36. The molecule has 190 valence electrons. The molecule has 2 atom stereocenters. The monoisotopic (exact) mass is 473 g/mol. The lowest BCUT2D eigenvalue weighted by Crippen LogP contribution is -2.54. The van der Waals surface area contributed by atoms with Gasteiger partial charge >= 0.3 is 6.09 Å². The van der Waals surface area contributed by atoms with Crippen molar-refractivity contribution in [1.82, 2.24) is 15.5 Å². The molecule has 1 aliphatic carbocycles. The third-order valence-corrected chi connectivity index (χ3v) is 5.95. The van der Waals surface area contributed by atoms with E-state index in [1.807, 2.05) is 51.1 Å². The van der Waals surface area contributed by atoms with Crippen LogP contribution < -0.4 is 10.6 Å². The van der Waals surface area contributed by atoms with Crippen LogP contribution in [-0.4, -0.2) is 47.0 Å². The van der Waals surface area contributed by atoms with Crippen LogP contribution in [0.3, 0.4) is 0 Å². The molecule has 0 heterocycles. The highest BCUT2D eigenvalue weighted by molar-refractivity contribution is 5.92. The fourth-order valence-electron chi connectivity index (χ4n) is 4.44. The second kappa shape index (κ2) is 12.8. The predicted molar refractivity (Wildman–Crippen MR) is 134 cm³/mol. The molecule has 2 unspecified atom stereocenters. The highest BCUT2D eigenvalue weighted by Crippen LogP contribution is 2.25. The summed E-state index contributed by atoms with van der Waals surface area (Å²) in [5, 5.41) is 5.96. The topological polar surface area (TPSA) is 87.7 Å². The fourth-order valence-corrected chi connectivity index (χ4v) is 4.44. The number of rotatable bonds is 9. The minimum absolute atomic E-state index is 0.132. The molecular formula is C27H43N3O4. The molecule has 2 N–H and O–H groups in total. The third kappa shape index (κ3) is 8.65. The maximum absolute atomic E-state index is 13.8. The van der Waals surface area contributed by atoms with Crippen LogP contribution in [0.1, 0.15) is 91.7 Å². The van der Waals surface area contributed by atoms with Crippen LogP contribution in [0.5, 0.6) is 0 Å². The Labute approximate surface area is 205 Å². The summed E-state index contributed by atoms with van der Waals surface area (Å²) < 4.78 is 5.41. The van der Waals surface area contributed by atoms with Gasteiger partial charge in [-0.25, -0.2) is 4.79 Å². The maximum Gasteiger partial charge on any atom is 0.408 e. The largest absolute Gasteiger partial charge is 0.444 e. The summed E-state index contributed by atoms with van der Waals surface area (Å²) in [4.78, 5) is 41.5. The Hall–Kier alpha value is -2.57. The number of likely N-dealkylation sites (N-methyl/N-ethyl adjacent to an activating group) is 1. The molecule has 1 aromatic carbocycles. The first-order valence-corrected chi connectivity index (χ1v) is 12.7. The molecule has 34 heavy (non-hydrogen) atoms. The Morgan fingerprint density at radius 3 is 2.21 bits per heavy atom. The average Bonchev–Trinajstić information content (AvgIpc) is 2.76. The summed E-state index contributed by atoms with van der Waals surface area (Å²) in [6.45, 7) is 11.5. The molecule has 1 saturated carbocycles. The molecule has 0 aliphatic heterocycles. The van der Waals surface area contributed by atoms with Crippen molar-refractivity contribution in [3.05, 3.63) is 35.9 Å². The lowest BCUT2D eigenvalue weighted by Gasteiger charge is -2.35. The van der Waals surface area contributed by atoms with E-state index < -0.39 is 23.8 Å². The Balaban J connectivity index is 2.31. The Bertz CT molecular complexity index is 798. The summed E-state index contributed by atoms with van der Waals surface area (Å²) in [5.41, 5.74) is 0.0819. The first kappa shape index (κ1) is 27.7. The molecule has 1 aromatic rings. The second-order valence-electron chi connectivity index (χ2n) is 10.6. The van der Waals surface area contributed by atoms with Crippen LogP contribution in [0.25, 0.3) is 0 Å². The van der Waals surface area contributed by atoms with Gasteiger partial charge in [0.15, 0.2) is 0 Å². The van der Waals surface area contributed by atoms with Gasteiger partial charge in [-0.05, 0) is 58.4 Å². The SMILES string of the molecule is CCN(C(=O)C(CC(C)C)NC(=O)OC(C)(C)C)C(C(=O)NC1CCCCC1)c1ccccc1. The van der Waals surface area contributed by atoms with E-state index >= 15 is 0 Å². The van der Waals surface area contributed by atoms with E-state index in [1.54, 1.807) is 25.7 Å². The smallest absolute Gasteiger partial charge is 0.408 e. The van der Waals surface area contributed by atoms with Gasteiger partial charge in [-0.3, -0.25) is 9.59 Å². The number of carbonyl (C=O) groups excluding carboxylic acids is 3. The van der Waals surface area contributed by atoms with Gasteiger partial charge in [0.05, 0.1) is 0 Å². The molecule has 7 nitrogen and oxygen atoms in total. The Morgan fingerprint density at radius 2 is 1.68 bits per heavy atom. The molecule has 0 spiro atoms. The first-order chi connectivity index (χ1) is 16.0. The van der Waals surface area contributed by atoms with Gasteiger partial charge in [-0.2, -0.15) is 0 Å². The Morgan fingerprint density at radius 1 is 1.06 bits per heavy atom. The normalized spacial score (nSPS) is 16.4. The van der Waals surface area contributed by atoms with Gasteiger partial charge in [0.25, 0.3) is 0 Å². The number of nitrogens with one attached hydrogen (secondary N) is 2. The molecular weight excluding hydrogens is 430 g/mol. The van der Waals surface area contributed by atoms with E-state index in [0.29, 0.717) is 13.0 Å². The zero-order valence-electron chi connectivity index (χ0n) is 21.7. The van der Waals surface area contributed by atoms with E-state index in [4.69, 9.17) is 4.74 Å². The molecule has 0 aromatic heterocycles. The standard InChI is InChI=1S/C27H43N3O4/c1-7-30(25(32)22(18-19(2)3)29-26(33)34-27(4,5)6)23(20-14-10-8-11-15-20)24(31)28-21-16-12-9-13-17-21/h8,10-11,14-15,19,21-23H,7,9,12-13,16-18H2,1-6H3,(H,28,31)(H,29,33). The van der Waals surface area contributed by atoms with E-state index in [-0.39, 0.29) is 23.8 Å². The predicted octanol–water partition coefficient (Wildman–Crippen LogP) is 4.96. The number of carbonyl (C=O) groups is 3. The van der Waals surface area contributed by atoms with Crippen molar-refractivity contribution in [3.63, 3.8) is 0 Å². The van der Waals surface area contributed by atoms with Gasteiger partial charge < -0.3 is 20.3 Å². The molecule has 0 radical (unpaired) electrons. The van der Waals surface area contributed by atoms with Crippen LogP contribution >= 0.6 is 0 Å². The van der Waals surface area contributed by atoms with E-state index in [0.717, 1.165) is 31.2 Å². The Kier molecular flexibility index (Phi) is 10.4. The first-order valence-electron chi connectivity index (χ1n) is 12.7. The number of alkyl carbamates (subject to hydrolysis) is 1. The molecule has 0 saturated heterocycles. The highest BCUT2D eigenvalue weighted by atomic mass is 16.6. The minimum Gasteiger partial charge on any atom is -0.444 e. The van der Waals surface area contributed by atoms with Crippen LogP contribution in [-0.2, 0) is 14.3 Å². The molecule has 7 heteroatoms. The van der Waals surface area contributed by atoms with Crippen molar-refractivity contribution in [2.75, 3.05) is 6.54 Å². The third-order valence-electron chi connectivity index (χ3n) is 5.95. The van der Waals surface area contributed by atoms with Crippen molar-refractivity contribution in [3.8, 4) is 0 Å².